The molecule has 366 valence electrons. The SMILES string of the molecule is CCC/C=C\CCCCCCCC(=O)OCC(COC1OC(COC2OC(CO)C(O)C(O)C2O)C(O)C(O)C1O)OC(=O)CCCCCCCCC/C=C\C/C=C\CCCCC. The number of carbonyl (C=O) groups is 2. The maximum absolute atomic E-state index is 13.0. The molecule has 2 aliphatic heterocycles. The van der Waals surface area contributed by atoms with E-state index in [1.807, 2.05) is 0 Å². The van der Waals surface area contributed by atoms with Crippen LogP contribution in [-0.4, -0.2) is 142 Å². The molecule has 15 nitrogen and oxygen atoms in total. The Bertz CT molecular complexity index is 1240. The summed E-state index contributed by atoms with van der Waals surface area (Å²) >= 11 is 0. The van der Waals surface area contributed by atoms with Crippen LogP contribution in [0, 0.1) is 0 Å². The van der Waals surface area contributed by atoms with E-state index in [1.165, 1.54) is 19.3 Å². The van der Waals surface area contributed by atoms with Gasteiger partial charge in [-0.1, -0.05) is 121 Å². The number of carbonyl (C=O) groups excluding carboxylic acids is 2. The van der Waals surface area contributed by atoms with Gasteiger partial charge in [0.25, 0.3) is 0 Å². The van der Waals surface area contributed by atoms with Crippen molar-refractivity contribution in [3.8, 4) is 0 Å². The lowest BCUT2D eigenvalue weighted by Crippen LogP contribution is -2.61. The third kappa shape index (κ3) is 24.7. The Hall–Kier alpha value is -2.28. The van der Waals surface area contributed by atoms with Gasteiger partial charge in [-0.2, -0.15) is 0 Å². The van der Waals surface area contributed by atoms with E-state index in [2.05, 4.69) is 50.3 Å². The number of hydrogen-bond acceptors (Lipinski definition) is 15. The maximum Gasteiger partial charge on any atom is 0.306 e. The van der Waals surface area contributed by atoms with Crippen molar-refractivity contribution >= 4 is 11.9 Å². The van der Waals surface area contributed by atoms with E-state index < -0.39 is 92.7 Å². The van der Waals surface area contributed by atoms with Gasteiger partial charge in [-0.15, -0.1) is 0 Å². The number of ether oxygens (including phenoxy) is 6. The second-order valence-corrected chi connectivity index (χ2v) is 16.9. The van der Waals surface area contributed by atoms with Crippen LogP contribution < -0.4 is 0 Å². The zero-order valence-corrected chi connectivity index (χ0v) is 38.3. The van der Waals surface area contributed by atoms with Gasteiger partial charge in [-0.3, -0.25) is 9.59 Å². The first-order valence-corrected chi connectivity index (χ1v) is 24.1. The summed E-state index contributed by atoms with van der Waals surface area (Å²) in [7, 11) is 0. The number of aliphatic hydroxyl groups excluding tert-OH is 7. The highest BCUT2D eigenvalue weighted by Gasteiger charge is 2.47. The normalized spacial score (nSPS) is 27.1. The Balaban J connectivity index is 1.83. The molecule has 2 fully saturated rings. The molecule has 2 heterocycles. The molecule has 0 bridgehead atoms. The molecule has 0 aromatic rings. The second kappa shape index (κ2) is 35.9. The van der Waals surface area contributed by atoms with Crippen LogP contribution in [0.2, 0.25) is 0 Å². The average Bonchev–Trinajstić information content (AvgIpc) is 3.28. The van der Waals surface area contributed by atoms with Gasteiger partial charge in [0.1, 0.15) is 55.4 Å². The molecule has 15 heteroatoms. The highest BCUT2D eigenvalue weighted by atomic mass is 16.7. The molecular formula is C48H84O15. The fourth-order valence-corrected chi connectivity index (χ4v) is 7.31. The van der Waals surface area contributed by atoms with Gasteiger partial charge in [-0.05, 0) is 64.2 Å². The summed E-state index contributed by atoms with van der Waals surface area (Å²) in [6, 6.07) is 0. The van der Waals surface area contributed by atoms with Crippen molar-refractivity contribution in [3.63, 3.8) is 0 Å². The quantitative estimate of drug-likeness (QED) is 0.0225. The number of esters is 2. The Labute approximate surface area is 376 Å². The van der Waals surface area contributed by atoms with Crippen LogP contribution >= 0.6 is 0 Å². The van der Waals surface area contributed by atoms with E-state index in [1.54, 1.807) is 0 Å². The van der Waals surface area contributed by atoms with Gasteiger partial charge in [0.05, 0.1) is 19.8 Å². The average molecular weight is 901 g/mol. The lowest BCUT2D eigenvalue weighted by atomic mass is 9.98. The van der Waals surface area contributed by atoms with E-state index in [9.17, 15) is 45.3 Å². The molecule has 2 saturated heterocycles. The third-order valence-electron chi connectivity index (χ3n) is 11.3. The highest BCUT2D eigenvalue weighted by molar-refractivity contribution is 5.70. The van der Waals surface area contributed by atoms with Crippen molar-refractivity contribution in [2.24, 2.45) is 0 Å². The summed E-state index contributed by atoms with van der Waals surface area (Å²) in [5, 5.41) is 71.9. The van der Waals surface area contributed by atoms with Crippen molar-refractivity contribution < 1.29 is 73.8 Å². The van der Waals surface area contributed by atoms with Crippen molar-refractivity contribution in [2.75, 3.05) is 26.4 Å². The van der Waals surface area contributed by atoms with Crippen LogP contribution in [0.3, 0.4) is 0 Å². The molecule has 7 N–H and O–H groups in total. The minimum Gasteiger partial charge on any atom is -0.462 e. The monoisotopic (exact) mass is 901 g/mol. The van der Waals surface area contributed by atoms with Crippen molar-refractivity contribution in [1.82, 2.24) is 0 Å². The Morgan fingerprint density at radius 2 is 0.984 bits per heavy atom. The second-order valence-electron chi connectivity index (χ2n) is 16.9. The lowest BCUT2D eigenvalue weighted by molar-refractivity contribution is -0.332. The molecule has 0 aliphatic carbocycles. The molecule has 0 saturated carbocycles. The molecule has 63 heavy (non-hydrogen) atoms. The molecule has 2 rings (SSSR count). The summed E-state index contributed by atoms with van der Waals surface area (Å²) in [5.41, 5.74) is 0. The van der Waals surface area contributed by atoms with Crippen molar-refractivity contribution in [3.05, 3.63) is 36.5 Å². The molecule has 2 aliphatic rings. The summed E-state index contributed by atoms with van der Waals surface area (Å²) in [5.74, 6) is -0.948. The fraction of sp³-hybridized carbons (Fsp3) is 0.833. The largest absolute Gasteiger partial charge is 0.462 e. The molecule has 0 amide bonds. The summed E-state index contributed by atoms with van der Waals surface area (Å²) in [6.45, 7) is 2.47. The predicted octanol–water partition coefficient (Wildman–Crippen LogP) is 5.76. The van der Waals surface area contributed by atoms with Crippen LogP contribution in [0.25, 0.3) is 0 Å². The van der Waals surface area contributed by atoms with Gasteiger partial charge >= 0.3 is 11.9 Å². The zero-order valence-electron chi connectivity index (χ0n) is 38.3. The van der Waals surface area contributed by atoms with Gasteiger partial charge < -0.3 is 64.2 Å². The molecule has 0 radical (unpaired) electrons. The van der Waals surface area contributed by atoms with Crippen LogP contribution in [0.1, 0.15) is 162 Å². The Kier molecular flexibility index (Phi) is 32.4. The van der Waals surface area contributed by atoms with Gasteiger partial charge in [0, 0.05) is 12.8 Å². The first kappa shape index (κ1) is 56.8. The summed E-state index contributed by atoms with van der Waals surface area (Å²) < 4.78 is 33.5. The van der Waals surface area contributed by atoms with Gasteiger partial charge in [0.2, 0.25) is 0 Å². The first-order valence-electron chi connectivity index (χ1n) is 24.1. The van der Waals surface area contributed by atoms with E-state index in [0.29, 0.717) is 12.8 Å². The zero-order chi connectivity index (χ0) is 46.1. The van der Waals surface area contributed by atoms with E-state index in [-0.39, 0.29) is 26.1 Å². The molecule has 11 unspecified atom stereocenters. The van der Waals surface area contributed by atoms with Crippen LogP contribution in [0.4, 0.5) is 0 Å². The Morgan fingerprint density at radius 1 is 0.508 bits per heavy atom. The summed E-state index contributed by atoms with van der Waals surface area (Å²) in [4.78, 5) is 25.6. The van der Waals surface area contributed by atoms with E-state index in [4.69, 9.17) is 28.4 Å². The smallest absolute Gasteiger partial charge is 0.306 e. The topological polar surface area (TPSA) is 231 Å². The maximum atomic E-state index is 13.0. The molecular weight excluding hydrogens is 817 g/mol. The minimum atomic E-state index is -1.77. The number of allylic oxidation sites excluding steroid dienone is 6. The molecule has 0 aromatic carbocycles. The number of rotatable bonds is 36. The number of hydrogen-bond donors (Lipinski definition) is 7. The lowest BCUT2D eigenvalue weighted by Gasteiger charge is -2.42. The summed E-state index contributed by atoms with van der Waals surface area (Å²) in [6.07, 6.45) is 19.0. The van der Waals surface area contributed by atoms with Crippen molar-refractivity contribution in [1.29, 1.82) is 0 Å². The van der Waals surface area contributed by atoms with E-state index >= 15 is 0 Å². The number of aliphatic hydroxyl groups is 7. The standard InChI is InChI=1S/C48H84O15/c1-3-5-7-9-11-13-15-16-17-18-19-20-21-23-25-27-29-31-40(51)61-36(33-58-39(50)30-28-26-24-22-14-12-10-8-6-4-2)34-59-47-46(57)44(55)42(53)38(63-47)35-60-48-45(56)43(54)41(52)37(32-49)62-48/h8,10-11,13,16-17,36-38,41-49,52-57H,3-7,9,12,14-15,18-35H2,1-2H3/b10-8-,13-11-,17-16-. The molecule has 11 atom stereocenters. The fourth-order valence-electron chi connectivity index (χ4n) is 7.31. The minimum absolute atomic E-state index is 0.154. The third-order valence-corrected chi connectivity index (χ3v) is 11.3. The molecule has 0 spiro atoms. The predicted molar refractivity (Wildman–Crippen MR) is 238 cm³/mol. The van der Waals surface area contributed by atoms with Gasteiger partial charge in [-0.25, -0.2) is 0 Å². The first-order chi connectivity index (χ1) is 30.5. The Morgan fingerprint density at radius 3 is 1.56 bits per heavy atom. The van der Waals surface area contributed by atoms with Crippen molar-refractivity contribution in [2.45, 2.75) is 229 Å². The van der Waals surface area contributed by atoms with E-state index in [0.717, 1.165) is 103 Å². The highest BCUT2D eigenvalue weighted by Crippen LogP contribution is 2.26. The van der Waals surface area contributed by atoms with Crippen LogP contribution in [0.15, 0.2) is 36.5 Å². The van der Waals surface area contributed by atoms with Gasteiger partial charge in [0.15, 0.2) is 18.7 Å². The van der Waals surface area contributed by atoms with Crippen LogP contribution in [-0.2, 0) is 38.0 Å². The van der Waals surface area contributed by atoms with Crippen LogP contribution in [0.5, 0.6) is 0 Å². The number of unbranched alkanes of at least 4 members (excludes halogenated alkanes) is 16. The molecule has 0 aromatic heterocycles.